The predicted molar refractivity (Wildman–Crippen MR) is 70.3 cm³/mol. The van der Waals surface area contributed by atoms with Crippen molar-refractivity contribution in [1.29, 1.82) is 0 Å². The zero-order valence-electron chi connectivity index (χ0n) is 9.68. The van der Waals surface area contributed by atoms with Gasteiger partial charge in [-0.2, -0.15) is 0 Å². The minimum Gasteiger partial charge on any atom is -0.324 e. The van der Waals surface area contributed by atoms with Gasteiger partial charge in [0.1, 0.15) is 5.69 Å². The fourth-order valence-electron chi connectivity index (χ4n) is 1.59. The summed E-state index contributed by atoms with van der Waals surface area (Å²) >= 11 is 3.44. The zero-order chi connectivity index (χ0) is 12.4. The molecule has 5 heteroatoms. The van der Waals surface area contributed by atoms with Crippen molar-refractivity contribution in [3.05, 3.63) is 40.3 Å². The van der Waals surface area contributed by atoms with Gasteiger partial charge in [0.25, 0.3) is 0 Å². The smallest absolute Gasteiger partial charge is 0.179 e. The molecule has 0 spiro atoms. The highest BCUT2D eigenvalue weighted by Crippen LogP contribution is 2.23. The molecule has 0 radical (unpaired) electrons. The second kappa shape index (κ2) is 4.89. The lowest BCUT2D eigenvalue weighted by molar-refractivity contribution is 0.789. The van der Waals surface area contributed by atoms with Crippen LogP contribution in [0.4, 0.5) is 0 Å². The third kappa shape index (κ3) is 2.50. The van der Waals surface area contributed by atoms with Crippen LogP contribution in [0.25, 0.3) is 11.5 Å². The van der Waals surface area contributed by atoms with E-state index in [1.807, 2.05) is 26.0 Å². The lowest BCUT2D eigenvalue weighted by Crippen LogP contribution is -2.09. The van der Waals surface area contributed by atoms with Gasteiger partial charge in [-0.25, -0.2) is 9.97 Å². The molecule has 2 heterocycles. The van der Waals surface area contributed by atoms with Gasteiger partial charge in [-0.1, -0.05) is 0 Å². The Morgan fingerprint density at radius 1 is 1.35 bits per heavy atom. The van der Waals surface area contributed by atoms with Crippen LogP contribution in [0.15, 0.2) is 29.0 Å². The second-order valence-electron chi connectivity index (χ2n) is 3.86. The standard InChI is InChI=1S/C12H13BrN4/c1-7(14)9-6-16-12(17-8(9)2)11-10(13)4-3-5-15-11/h3-7H,14H2,1-2H3. The first-order valence-electron chi connectivity index (χ1n) is 5.29. The van der Waals surface area contributed by atoms with E-state index in [4.69, 9.17) is 5.73 Å². The number of aromatic nitrogens is 3. The maximum Gasteiger partial charge on any atom is 0.179 e. The molecular formula is C12H13BrN4. The van der Waals surface area contributed by atoms with Crippen LogP contribution in [0.1, 0.15) is 24.2 Å². The molecule has 88 valence electrons. The molecule has 2 aromatic heterocycles. The first-order chi connectivity index (χ1) is 8.09. The van der Waals surface area contributed by atoms with Crippen LogP contribution in [0.2, 0.25) is 0 Å². The summed E-state index contributed by atoms with van der Waals surface area (Å²) in [7, 11) is 0. The number of hydrogen-bond donors (Lipinski definition) is 1. The van der Waals surface area contributed by atoms with Crippen molar-refractivity contribution >= 4 is 15.9 Å². The van der Waals surface area contributed by atoms with Gasteiger partial charge in [-0.3, -0.25) is 4.98 Å². The molecule has 0 aliphatic heterocycles. The normalized spacial score (nSPS) is 12.5. The summed E-state index contributed by atoms with van der Waals surface area (Å²) in [5.74, 6) is 0.611. The second-order valence-corrected chi connectivity index (χ2v) is 4.71. The highest BCUT2D eigenvalue weighted by atomic mass is 79.9. The van der Waals surface area contributed by atoms with E-state index in [0.29, 0.717) is 5.82 Å². The molecule has 17 heavy (non-hydrogen) atoms. The molecule has 0 aliphatic carbocycles. The molecule has 1 atom stereocenters. The van der Waals surface area contributed by atoms with E-state index in [1.165, 1.54) is 0 Å². The maximum atomic E-state index is 5.83. The molecule has 2 aromatic rings. The largest absolute Gasteiger partial charge is 0.324 e. The summed E-state index contributed by atoms with van der Waals surface area (Å²) in [6.45, 7) is 3.85. The number of nitrogens with two attached hydrogens (primary N) is 1. The van der Waals surface area contributed by atoms with E-state index in [0.717, 1.165) is 21.4 Å². The van der Waals surface area contributed by atoms with Crippen LogP contribution in [-0.2, 0) is 0 Å². The quantitative estimate of drug-likeness (QED) is 0.924. The molecule has 2 N–H and O–H groups in total. The molecule has 0 aliphatic rings. The van der Waals surface area contributed by atoms with Gasteiger partial charge in [-0.05, 0) is 41.9 Å². The Hall–Kier alpha value is -1.33. The van der Waals surface area contributed by atoms with E-state index in [1.54, 1.807) is 12.4 Å². The number of halogens is 1. The minimum atomic E-state index is -0.0591. The molecular weight excluding hydrogens is 280 g/mol. The van der Waals surface area contributed by atoms with E-state index in [-0.39, 0.29) is 6.04 Å². The third-order valence-corrected chi connectivity index (χ3v) is 3.12. The molecule has 4 nitrogen and oxygen atoms in total. The molecule has 1 unspecified atom stereocenters. The lowest BCUT2D eigenvalue weighted by Gasteiger charge is -2.09. The van der Waals surface area contributed by atoms with Gasteiger partial charge < -0.3 is 5.73 Å². The topological polar surface area (TPSA) is 64.7 Å². The number of hydrogen-bond acceptors (Lipinski definition) is 4. The van der Waals surface area contributed by atoms with Crippen molar-refractivity contribution in [3.63, 3.8) is 0 Å². The monoisotopic (exact) mass is 292 g/mol. The number of pyridine rings is 1. The van der Waals surface area contributed by atoms with Gasteiger partial charge in [0, 0.05) is 34.2 Å². The van der Waals surface area contributed by atoms with Crippen LogP contribution in [-0.4, -0.2) is 15.0 Å². The predicted octanol–water partition coefficient (Wildman–Crippen LogP) is 2.63. The third-order valence-electron chi connectivity index (χ3n) is 2.48. The van der Waals surface area contributed by atoms with E-state index < -0.39 is 0 Å². The molecule has 0 aromatic carbocycles. The van der Waals surface area contributed by atoms with Gasteiger partial charge in [-0.15, -0.1) is 0 Å². The van der Waals surface area contributed by atoms with Crippen LogP contribution < -0.4 is 5.73 Å². The van der Waals surface area contributed by atoms with Crippen molar-refractivity contribution in [2.24, 2.45) is 5.73 Å². The number of aryl methyl sites for hydroxylation is 1. The Kier molecular flexibility index (Phi) is 3.49. The van der Waals surface area contributed by atoms with Crippen LogP contribution >= 0.6 is 15.9 Å². The Labute approximate surface area is 108 Å². The van der Waals surface area contributed by atoms with Crippen molar-refractivity contribution in [3.8, 4) is 11.5 Å². The Morgan fingerprint density at radius 2 is 2.12 bits per heavy atom. The van der Waals surface area contributed by atoms with Crippen molar-refractivity contribution < 1.29 is 0 Å². The first kappa shape index (κ1) is 12.1. The lowest BCUT2D eigenvalue weighted by atomic mass is 10.1. The Morgan fingerprint density at radius 3 is 2.71 bits per heavy atom. The van der Waals surface area contributed by atoms with Gasteiger partial charge in [0.05, 0.1) is 0 Å². The van der Waals surface area contributed by atoms with Crippen molar-refractivity contribution in [2.45, 2.75) is 19.9 Å². The summed E-state index contributed by atoms with van der Waals surface area (Å²) in [6, 6.07) is 3.72. The first-order valence-corrected chi connectivity index (χ1v) is 6.09. The SMILES string of the molecule is Cc1nc(-c2ncccc2Br)ncc1C(C)N. The number of nitrogens with zero attached hydrogens (tertiary/aromatic N) is 3. The molecule has 0 bridgehead atoms. The summed E-state index contributed by atoms with van der Waals surface area (Å²) < 4.78 is 0.882. The zero-order valence-corrected chi connectivity index (χ0v) is 11.3. The fourth-order valence-corrected chi connectivity index (χ4v) is 2.02. The van der Waals surface area contributed by atoms with E-state index in [9.17, 15) is 0 Å². The molecule has 0 fully saturated rings. The number of rotatable bonds is 2. The summed E-state index contributed by atoms with van der Waals surface area (Å²) in [4.78, 5) is 13.0. The molecule has 2 rings (SSSR count). The minimum absolute atomic E-state index is 0.0591. The average Bonchev–Trinajstić information content (AvgIpc) is 2.29. The summed E-state index contributed by atoms with van der Waals surface area (Å²) in [5, 5.41) is 0. The fraction of sp³-hybridized carbons (Fsp3) is 0.250. The van der Waals surface area contributed by atoms with Gasteiger partial charge in [0.2, 0.25) is 0 Å². The van der Waals surface area contributed by atoms with Crippen LogP contribution in [0.5, 0.6) is 0 Å². The molecule has 0 saturated carbocycles. The maximum absolute atomic E-state index is 5.83. The van der Waals surface area contributed by atoms with Crippen LogP contribution in [0, 0.1) is 6.92 Å². The highest BCUT2D eigenvalue weighted by Gasteiger charge is 2.11. The van der Waals surface area contributed by atoms with Gasteiger partial charge in [0.15, 0.2) is 5.82 Å². The summed E-state index contributed by atoms with van der Waals surface area (Å²) in [6.07, 6.45) is 3.49. The molecule has 0 saturated heterocycles. The van der Waals surface area contributed by atoms with E-state index >= 15 is 0 Å². The van der Waals surface area contributed by atoms with Gasteiger partial charge >= 0.3 is 0 Å². The average molecular weight is 293 g/mol. The van der Waals surface area contributed by atoms with Crippen molar-refractivity contribution in [1.82, 2.24) is 15.0 Å². The van der Waals surface area contributed by atoms with Crippen molar-refractivity contribution in [2.75, 3.05) is 0 Å². The van der Waals surface area contributed by atoms with E-state index in [2.05, 4.69) is 30.9 Å². The highest BCUT2D eigenvalue weighted by molar-refractivity contribution is 9.10. The Bertz CT molecular complexity index is 540. The Balaban J connectivity index is 2.49. The summed E-state index contributed by atoms with van der Waals surface area (Å²) in [5.41, 5.74) is 8.42. The van der Waals surface area contributed by atoms with Crippen LogP contribution in [0.3, 0.4) is 0 Å². The molecule has 0 amide bonds.